The Hall–Kier alpha value is -2.06. The lowest BCUT2D eigenvalue weighted by Gasteiger charge is -2.32. The second-order valence-corrected chi connectivity index (χ2v) is 6.19. The number of ether oxygens (including phenoxy) is 1. The molecule has 1 aromatic heterocycles. The minimum absolute atomic E-state index is 0.0670. The van der Waals surface area contributed by atoms with E-state index in [9.17, 15) is 10.1 Å². The van der Waals surface area contributed by atoms with Gasteiger partial charge in [0, 0.05) is 23.3 Å². The van der Waals surface area contributed by atoms with Crippen molar-refractivity contribution in [1.82, 2.24) is 0 Å². The Balaban J connectivity index is 2.16. The largest absolute Gasteiger partial charge is 0.444 e. The summed E-state index contributed by atoms with van der Waals surface area (Å²) in [6, 6.07) is 5.95. The highest BCUT2D eigenvalue weighted by molar-refractivity contribution is 7.10. The molecule has 0 saturated carbocycles. The third kappa shape index (κ3) is 1.93. The Bertz CT molecular complexity index is 665. The van der Waals surface area contributed by atoms with E-state index in [1.807, 2.05) is 24.4 Å². The summed E-state index contributed by atoms with van der Waals surface area (Å²) in [4.78, 5) is 13.4. The van der Waals surface area contributed by atoms with E-state index >= 15 is 0 Å². The van der Waals surface area contributed by atoms with Crippen LogP contribution in [0.2, 0.25) is 0 Å². The molecule has 4 nitrogen and oxygen atoms in total. The first-order chi connectivity index (χ1) is 9.61. The van der Waals surface area contributed by atoms with Crippen molar-refractivity contribution >= 4 is 17.1 Å². The van der Waals surface area contributed by atoms with Crippen molar-refractivity contribution < 1.29 is 9.53 Å². The normalized spacial score (nSPS) is 26.1. The average Bonchev–Trinajstić information content (AvgIpc) is 2.90. The van der Waals surface area contributed by atoms with Crippen molar-refractivity contribution in [2.75, 3.05) is 0 Å². The summed E-state index contributed by atoms with van der Waals surface area (Å²) in [6.07, 6.45) is 1.20. The lowest BCUT2D eigenvalue weighted by Crippen LogP contribution is -2.29. The van der Waals surface area contributed by atoms with Crippen molar-refractivity contribution in [3.8, 4) is 6.07 Å². The Labute approximate surface area is 121 Å². The third-order valence-electron chi connectivity index (χ3n) is 3.69. The van der Waals surface area contributed by atoms with E-state index in [0.717, 1.165) is 4.88 Å². The number of hydrogen-bond acceptors (Lipinski definition) is 5. The molecule has 1 aliphatic carbocycles. The van der Waals surface area contributed by atoms with Crippen LogP contribution in [-0.2, 0) is 9.53 Å². The van der Waals surface area contributed by atoms with Crippen LogP contribution in [0.5, 0.6) is 0 Å². The summed E-state index contributed by atoms with van der Waals surface area (Å²) >= 11 is 1.53. The number of carbonyl (C=O) groups is 1. The predicted molar refractivity (Wildman–Crippen MR) is 75.4 cm³/mol. The van der Waals surface area contributed by atoms with E-state index in [1.54, 1.807) is 0 Å². The minimum atomic E-state index is -0.358. The Morgan fingerprint density at radius 3 is 2.95 bits per heavy atom. The maximum atomic E-state index is 12.4. The molecular weight excluding hydrogens is 272 g/mol. The fourth-order valence-corrected chi connectivity index (χ4v) is 3.68. The molecule has 0 aromatic carbocycles. The van der Waals surface area contributed by atoms with Crippen LogP contribution >= 0.6 is 11.3 Å². The summed E-state index contributed by atoms with van der Waals surface area (Å²) in [5, 5.41) is 11.3. The number of ketones is 1. The highest BCUT2D eigenvalue weighted by Gasteiger charge is 2.39. The molecule has 1 aromatic rings. The van der Waals surface area contributed by atoms with Gasteiger partial charge in [-0.25, -0.2) is 0 Å². The molecule has 0 spiro atoms. The molecule has 0 saturated heterocycles. The second-order valence-electron chi connectivity index (χ2n) is 5.21. The summed E-state index contributed by atoms with van der Waals surface area (Å²) in [5.41, 5.74) is 6.84. The van der Waals surface area contributed by atoms with Gasteiger partial charge in [0.1, 0.15) is 17.4 Å². The van der Waals surface area contributed by atoms with Gasteiger partial charge in [0.25, 0.3) is 0 Å². The zero-order valence-electron chi connectivity index (χ0n) is 11.1. The van der Waals surface area contributed by atoms with Crippen molar-refractivity contribution in [2.45, 2.75) is 25.7 Å². The van der Waals surface area contributed by atoms with Crippen molar-refractivity contribution in [3.05, 3.63) is 45.2 Å². The smallest absolute Gasteiger partial charge is 0.205 e. The molecule has 0 amide bonds. The topological polar surface area (TPSA) is 76.1 Å². The fraction of sp³-hybridized carbons (Fsp3) is 0.333. The molecule has 0 radical (unpaired) electrons. The average molecular weight is 286 g/mol. The maximum Gasteiger partial charge on any atom is 0.205 e. The number of rotatable bonds is 1. The molecule has 2 heterocycles. The van der Waals surface area contributed by atoms with E-state index in [1.165, 1.54) is 11.3 Å². The molecule has 5 heteroatoms. The SMILES string of the molecule is C[C@@H]1CC(=O)C2=C(C1)OC(N)=C(C#N)[C@H]2c1cccs1. The van der Waals surface area contributed by atoms with Crippen LogP contribution in [0.25, 0.3) is 0 Å². The van der Waals surface area contributed by atoms with Crippen molar-refractivity contribution in [3.63, 3.8) is 0 Å². The summed E-state index contributed by atoms with van der Waals surface area (Å²) in [5.74, 6) is 0.734. The first-order valence-corrected chi connectivity index (χ1v) is 7.37. The minimum Gasteiger partial charge on any atom is -0.444 e. The number of carbonyl (C=O) groups excluding carboxylic acids is 1. The molecule has 2 atom stereocenters. The monoisotopic (exact) mass is 286 g/mol. The van der Waals surface area contributed by atoms with Crippen LogP contribution in [0, 0.1) is 17.2 Å². The van der Waals surface area contributed by atoms with Crippen LogP contribution in [-0.4, -0.2) is 5.78 Å². The van der Waals surface area contributed by atoms with E-state index < -0.39 is 0 Å². The summed E-state index contributed by atoms with van der Waals surface area (Å²) in [7, 11) is 0. The van der Waals surface area contributed by atoms with E-state index in [2.05, 4.69) is 6.07 Å². The first kappa shape index (κ1) is 12.9. The van der Waals surface area contributed by atoms with Gasteiger partial charge in [-0.2, -0.15) is 5.26 Å². The molecule has 20 heavy (non-hydrogen) atoms. The molecule has 3 rings (SSSR count). The van der Waals surface area contributed by atoms with Gasteiger partial charge in [-0.05, 0) is 17.4 Å². The van der Waals surface area contributed by atoms with Gasteiger partial charge in [-0.3, -0.25) is 4.79 Å². The van der Waals surface area contributed by atoms with Gasteiger partial charge in [0.15, 0.2) is 5.78 Å². The number of hydrogen-bond donors (Lipinski definition) is 1. The molecular formula is C15H14N2O2S. The zero-order chi connectivity index (χ0) is 14.3. The van der Waals surface area contributed by atoms with Gasteiger partial charge in [-0.15, -0.1) is 11.3 Å². The molecule has 0 fully saturated rings. The number of nitrogens with zero attached hydrogens (tertiary/aromatic N) is 1. The van der Waals surface area contributed by atoms with Gasteiger partial charge >= 0.3 is 0 Å². The van der Waals surface area contributed by atoms with Crippen LogP contribution in [0.4, 0.5) is 0 Å². The van der Waals surface area contributed by atoms with Crippen LogP contribution in [0.1, 0.15) is 30.6 Å². The van der Waals surface area contributed by atoms with Gasteiger partial charge in [0.2, 0.25) is 5.88 Å². The lowest BCUT2D eigenvalue weighted by molar-refractivity contribution is -0.117. The molecule has 0 bridgehead atoms. The summed E-state index contributed by atoms with van der Waals surface area (Å²) < 4.78 is 5.56. The molecule has 102 valence electrons. The lowest BCUT2D eigenvalue weighted by atomic mass is 9.78. The second kappa shape index (κ2) is 4.80. The predicted octanol–water partition coefficient (Wildman–Crippen LogP) is 2.81. The standard InChI is InChI=1S/C15H14N2O2S/c1-8-5-10(18)14-11(6-8)19-15(17)9(7-16)13(14)12-3-2-4-20-12/h2-4,8,13H,5-6,17H2,1H3/t8-,13+/m1/s1. The highest BCUT2D eigenvalue weighted by Crippen LogP contribution is 2.45. The molecule has 2 N–H and O–H groups in total. The van der Waals surface area contributed by atoms with E-state index in [-0.39, 0.29) is 23.5 Å². The quantitative estimate of drug-likeness (QED) is 0.861. The van der Waals surface area contributed by atoms with Gasteiger partial charge < -0.3 is 10.5 Å². The van der Waals surface area contributed by atoms with Gasteiger partial charge in [-0.1, -0.05) is 13.0 Å². The zero-order valence-corrected chi connectivity index (χ0v) is 11.9. The van der Waals surface area contributed by atoms with E-state index in [0.29, 0.717) is 29.7 Å². The van der Waals surface area contributed by atoms with Crippen molar-refractivity contribution in [2.24, 2.45) is 11.7 Å². The third-order valence-corrected chi connectivity index (χ3v) is 4.63. The number of allylic oxidation sites excluding steroid dienone is 3. The van der Waals surface area contributed by atoms with Crippen LogP contribution < -0.4 is 5.73 Å². The van der Waals surface area contributed by atoms with E-state index in [4.69, 9.17) is 10.5 Å². The Morgan fingerprint density at radius 1 is 1.50 bits per heavy atom. The summed E-state index contributed by atoms with van der Waals surface area (Å²) in [6.45, 7) is 2.02. The first-order valence-electron chi connectivity index (χ1n) is 6.49. The fourth-order valence-electron chi connectivity index (χ4n) is 2.83. The van der Waals surface area contributed by atoms with Gasteiger partial charge in [0.05, 0.1) is 5.92 Å². The van der Waals surface area contributed by atoms with Crippen LogP contribution in [0.15, 0.2) is 40.3 Å². The van der Waals surface area contributed by atoms with Crippen molar-refractivity contribution in [1.29, 1.82) is 5.26 Å². The number of nitrogens with two attached hydrogens (primary N) is 1. The number of nitriles is 1. The molecule has 2 aliphatic rings. The van der Waals surface area contributed by atoms with Crippen LogP contribution in [0.3, 0.4) is 0 Å². The number of Topliss-reactive ketones (excluding diaryl/α,β-unsaturated/α-hetero) is 1. The maximum absolute atomic E-state index is 12.4. The molecule has 1 aliphatic heterocycles. The molecule has 0 unspecified atom stereocenters. The Kier molecular flexibility index (Phi) is 3.11. The number of thiophene rings is 1. The Morgan fingerprint density at radius 2 is 2.30 bits per heavy atom. The highest BCUT2D eigenvalue weighted by atomic mass is 32.1.